The first-order valence-corrected chi connectivity index (χ1v) is 5.57. The molecule has 0 N–H and O–H groups in total. The summed E-state index contributed by atoms with van der Waals surface area (Å²) in [7, 11) is 0. The van der Waals surface area contributed by atoms with Crippen molar-refractivity contribution in [1.82, 2.24) is 9.13 Å². The van der Waals surface area contributed by atoms with E-state index < -0.39 is 16.9 Å². The van der Waals surface area contributed by atoms with Crippen molar-refractivity contribution >= 4 is 11.6 Å². The molecule has 0 aliphatic heterocycles. The Kier molecular flexibility index (Phi) is 3.49. The first kappa shape index (κ1) is 13.1. The Balaban J connectivity index is 2.62. The Bertz CT molecular complexity index is 789. The molecular formula is C12H7ClFN3O2. The summed E-state index contributed by atoms with van der Waals surface area (Å²) in [6, 6.07) is 5.45. The van der Waals surface area contributed by atoms with E-state index in [0.29, 0.717) is 0 Å². The SMILES string of the molecule is N#CCn1ccn(-c2ccc(F)c(Cl)c2)c(=O)c1=O. The van der Waals surface area contributed by atoms with Gasteiger partial charge in [0.25, 0.3) is 0 Å². The van der Waals surface area contributed by atoms with Crippen molar-refractivity contribution in [2.45, 2.75) is 6.54 Å². The second-order valence-electron chi connectivity index (χ2n) is 3.66. The van der Waals surface area contributed by atoms with E-state index in [9.17, 15) is 14.0 Å². The van der Waals surface area contributed by atoms with E-state index in [0.717, 1.165) is 15.2 Å². The average Bonchev–Trinajstić information content (AvgIpc) is 2.39. The van der Waals surface area contributed by atoms with Crippen molar-refractivity contribution in [2.75, 3.05) is 0 Å². The molecule has 0 radical (unpaired) electrons. The van der Waals surface area contributed by atoms with Crippen LogP contribution in [0.15, 0.2) is 40.2 Å². The summed E-state index contributed by atoms with van der Waals surface area (Å²) >= 11 is 5.62. The van der Waals surface area contributed by atoms with Gasteiger partial charge in [0, 0.05) is 12.4 Å². The molecule has 5 nitrogen and oxygen atoms in total. The predicted molar refractivity (Wildman–Crippen MR) is 66.9 cm³/mol. The lowest BCUT2D eigenvalue weighted by Crippen LogP contribution is -2.39. The van der Waals surface area contributed by atoms with E-state index in [-0.39, 0.29) is 17.3 Å². The van der Waals surface area contributed by atoms with Gasteiger partial charge < -0.3 is 0 Å². The van der Waals surface area contributed by atoms with Gasteiger partial charge in [-0.15, -0.1) is 0 Å². The van der Waals surface area contributed by atoms with E-state index in [4.69, 9.17) is 16.9 Å². The molecule has 2 aromatic rings. The third-order valence-electron chi connectivity index (χ3n) is 2.48. The molecule has 0 aliphatic rings. The lowest BCUT2D eigenvalue weighted by molar-refractivity contribution is 0.627. The van der Waals surface area contributed by atoms with Crippen LogP contribution in [0.25, 0.3) is 5.69 Å². The van der Waals surface area contributed by atoms with Gasteiger partial charge in [-0.25, -0.2) is 4.39 Å². The second kappa shape index (κ2) is 5.08. The fraction of sp³-hybridized carbons (Fsp3) is 0.0833. The van der Waals surface area contributed by atoms with Crippen LogP contribution in [0.4, 0.5) is 4.39 Å². The highest BCUT2D eigenvalue weighted by atomic mass is 35.5. The zero-order valence-corrected chi connectivity index (χ0v) is 10.3. The Morgan fingerprint density at radius 1 is 1.26 bits per heavy atom. The van der Waals surface area contributed by atoms with Gasteiger partial charge in [-0.2, -0.15) is 5.26 Å². The molecule has 0 fully saturated rings. The van der Waals surface area contributed by atoms with Crippen LogP contribution < -0.4 is 11.1 Å². The molecule has 0 atom stereocenters. The van der Waals surface area contributed by atoms with Crippen molar-refractivity contribution in [2.24, 2.45) is 0 Å². The van der Waals surface area contributed by atoms with Crippen LogP contribution in [0.5, 0.6) is 0 Å². The molecule has 1 heterocycles. The molecule has 96 valence electrons. The summed E-state index contributed by atoms with van der Waals surface area (Å²) < 4.78 is 15.1. The number of hydrogen-bond donors (Lipinski definition) is 0. The summed E-state index contributed by atoms with van der Waals surface area (Å²) in [6.07, 6.45) is 2.63. The number of halogens is 2. The molecule has 0 saturated carbocycles. The Morgan fingerprint density at radius 3 is 2.63 bits per heavy atom. The van der Waals surface area contributed by atoms with Gasteiger partial charge in [0.2, 0.25) is 0 Å². The van der Waals surface area contributed by atoms with Gasteiger partial charge in [-0.3, -0.25) is 18.7 Å². The highest BCUT2D eigenvalue weighted by Crippen LogP contribution is 2.17. The fourth-order valence-electron chi connectivity index (χ4n) is 1.55. The maximum Gasteiger partial charge on any atom is 0.321 e. The number of aromatic nitrogens is 2. The lowest BCUT2D eigenvalue weighted by Gasteiger charge is -2.07. The number of benzene rings is 1. The van der Waals surface area contributed by atoms with Crippen LogP contribution >= 0.6 is 11.6 Å². The highest BCUT2D eigenvalue weighted by Gasteiger charge is 2.08. The summed E-state index contributed by atoms with van der Waals surface area (Å²) in [4.78, 5) is 23.5. The average molecular weight is 280 g/mol. The zero-order valence-electron chi connectivity index (χ0n) is 9.51. The Labute approximate surface area is 111 Å². The molecule has 2 rings (SSSR count). The van der Waals surface area contributed by atoms with Gasteiger partial charge in [-0.05, 0) is 18.2 Å². The monoisotopic (exact) mass is 279 g/mol. The van der Waals surface area contributed by atoms with Gasteiger partial charge in [-0.1, -0.05) is 11.6 Å². The number of nitriles is 1. The molecule has 0 unspecified atom stereocenters. The number of rotatable bonds is 2. The summed E-state index contributed by atoms with van der Waals surface area (Å²) in [5.74, 6) is -0.615. The van der Waals surface area contributed by atoms with E-state index in [1.807, 2.05) is 0 Å². The van der Waals surface area contributed by atoms with Crippen LogP contribution in [-0.2, 0) is 6.54 Å². The zero-order chi connectivity index (χ0) is 14.0. The van der Waals surface area contributed by atoms with Gasteiger partial charge in [0.15, 0.2) is 0 Å². The highest BCUT2D eigenvalue weighted by molar-refractivity contribution is 6.30. The Morgan fingerprint density at radius 2 is 2.00 bits per heavy atom. The van der Waals surface area contributed by atoms with Crippen molar-refractivity contribution < 1.29 is 4.39 Å². The Hall–Kier alpha value is -2.39. The van der Waals surface area contributed by atoms with Crippen molar-refractivity contribution in [3.63, 3.8) is 0 Å². The minimum Gasteiger partial charge on any atom is -0.295 e. The molecule has 0 amide bonds. The largest absolute Gasteiger partial charge is 0.321 e. The first-order chi connectivity index (χ1) is 9.04. The molecule has 0 aliphatic carbocycles. The molecule has 19 heavy (non-hydrogen) atoms. The van der Waals surface area contributed by atoms with Crippen molar-refractivity contribution in [3.05, 3.63) is 62.1 Å². The lowest BCUT2D eigenvalue weighted by atomic mass is 10.3. The maximum absolute atomic E-state index is 13.0. The summed E-state index contributed by atoms with van der Waals surface area (Å²) in [5.41, 5.74) is -1.39. The van der Waals surface area contributed by atoms with Crippen molar-refractivity contribution in [3.8, 4) is 11.8 Å². The summed E-state index contributed by atoms with van der Waals surface area (Å²) in [6.45, 7) is -0.209. The topological polar surface area (TPSA) is 67.8 Å². The molecule has 0 saturated heterocycles. The van der Waals surface area contributed by atoms with Gasteiger partial charge >= 0.3 is 11.1 Å². The van der Waals surface area contributed by atoms with E-state index in [2.05, 4.69) is 0 Å². The van der Waals surface area contributed by atoms with E-state index in [1.54, 1.807) is 6.07 Å². The molecule has 7 heteroatoms. The molecule has 1 aromatic carbocycles. The molecule has 1 aromatic heterocycles. The molecule has 0 bridgehead atoms. The number of nitrogens with zero attached hydrogens (tertiary/aromatic N) is 3. The van der Waals surface area contributed by atoms with Crippen LogP contribution in [-0.4, -0.2) is 9.13 Å². The normalized spacial score (nSPS) is 10.2. The van der Waals surface area contributed by atoms with Crippen LogP contribution in [0.3, 0.4) is 0 Å². The quantitative estimate of drug-likeness (QED) is 0.779. The van der Waals surface area contributed by atoms with Crippen LogP contribution in [0.1, 0.15) is 0 Å². The third kappa shape index (κ3) is 2.41. The van der Waals surface area contributed by atoms with E-state index >= 15 is 0 Å². The fourth-order valence-corrected chi connectivity index (χ4v) is 1.72. The first-order valence-electron chi connectivity index (χ1n) is 5.19. The van der Waals surface area contributed by atoms with Crippen LogP contribution in [0, 0.1) is 17.1 Å². The standard InChI is InChI=1S/C12H7ClFN3O2/c13-9-7-8(1-2-10(9)14)17-6-5-16(4-3-15)11(18)12(17)19/h1-2,5-7H,4H2. The molecule has 0 spiro atoms. The molecular weight excluding hydrogens is 273 g/mol. The third-order valence-corrected chi connectivity index (χ3v) is 2.77. The number of hydrogen-bond acceptors (Lipinski definition) is 3. The second-order valence-corrected chi connectivity index (χ2v) is 4.07. The van der Waals surface area contributed by atoms with Crippen LogP contribution in [0.2, 0.25) is 5.02 Å². The van der Waals surface area contributed by atoms with Gasteiger partial charge in [0.05, 0.1) is 16.8 Å². The maximum atomic E-state index is 13.0. The van der Waals surface area contributed by atoms with E-state index in [1.165, 1.54) is 24.5 Å². The van der Waals surface area contributed by atoms with Crippen molar-refractivity contribution in [1.29, 1.82) is 5.26 Å². The predicted octanol–water partition coefficient (Wildman–Crippen LogP) is 1.32. The van der Waals surface area contributed by atoms with Gasteiger partial charge in [0.1, 0.15) is 12.4 Å². The minimum atomic E-state index is -0.833. The minimum absolute atomic E-state index is 0.148. The smallest absolute Gasteiger partial charge is 0.295 e. The summed E-state index contributed by atoms with van der Waals surface area (Å²) in [5, 5.41) is 8.36.